The minimum absolute atomic E-state index is 0.152. The third kappa shape index (κ3) is 6.88. The SMILES string of the molecule is Cc1cccc2c1N(c1cccc(C3CCCCC3)c1)c1cc(c3ccc4c5cc(c6ccc1c3c64)C(C)c1ccc(cc1)-c1cccc(C)c1N5c1cccc(C3CCCCC3)c1)C(C)c1ccc-2cc1. The molecule has 2 atom stereocenters. The van der Waals surface area contributed by atoms with Gasteiger partial charge in [-0.15, -0.1) is 0 Å². The van der Waals surface area contributed by atoms with Crippen molar-refractivity contribution in [1.29, 1.82) is 0 Å². The minimum atomic E-state index is 0.152. The number of benzene rings is 10. The van der Waals surface area contributed by atoms with Crippen molar-refractivity contribution in [2.45, 2.75) is 116 Å². The molecular formula is C70H64N2. The lowest BCUT2D eigenvalue weighted by Crippen LogP contribution is -2.16. The number of nitrogens with zero attached hydrogens (tertiary/aromatic N) is 2. The summed E-state index contributed by atoms with van der Waals surface area (Å²) in [6.45, 7) is 9.52. The molecular weight excluding hydrogens is 869 g/mol. The topological polar surface area (TPSA) is 6.48 Å². The van der Waals surface area contributed by atoms with Crippen LogP contribution in [0.25, 0.3) is 54.6 Å². The van der Waals surface area contributed by atoms with E-state index in [2.05, 4.69) is 207 Å². The van der Waals surface area contributed by atoms with Gasteiger partial charge in [0.05, 0.1) is 22.7 Å². The summed E-state index contributed by atoms with van der Waals surface area (Å²) in [4.78, 5) is 5.35. The van der Waals surface area contributed by atoms with Gasteiger partial charge in [-0.25, -0.2) is 0 Å². The van der Waals surface area contributed by atoms with Crippen molar-refractivity contribution in [3.63, 3.8) is 0 Å². The second-order valence-corrected chi connectivity index (χ2v) is 22.2. The Kier molecular flexibility index (Phi) is 10.5. The zero-order chi connectivity index (χ0) is 48.2. The number of aryl methyl sites for hydroxylation is 2. The zero-order valence-electron chi connectivity index (χ0n) is 42.4. The van der Waals surface area contributed by atoms with Crippen LogP contribution in [-0.2, 0) is 0 Å². The van der Waals surface area contributed by atoms with Gasteiger partial charge in [-0.05, 0) is 165 Å². The number of hydrogen-bond donors (Lipinski definition) is 0. The maximum absolute atomic E-state index is 2.67. The Bertz CT molecular complexity index is 3470. The standard InChI is InChI=1S/C70H64N2/c1-43-15-11-25-57-51-31-27-47(28-32-51)45(3)63-41-65(71(69(43)57)55-23-13-21-53(39-55)49-17-7-5-8-18-49)61-37-35-60-64-42-66(62-38-36-59(63)67(61)68(60)62)72(56-24-14-22-54(40-56)50-19-9-6-10-20-50)70-44(2)16-12-26-58(70)52-33-29-48(30-34-52)46(64)4/h11-16,21-42,45-46,49-50H,5-10,17-20H2,1-4H3. The van der Waals surface area contributed by atoms with Gasteiger partial charge >= 0.3 is 0 Å². The lowest BCUT2D eigenvalue weighted by atomic mass is 9.81. The third-order valence-corrected chi connectivity index (χ3v) is 18.1. The number of hydrogen-bond acceptors (Lipinski definition) is 2. The molecule has 0 aromatic heterocycles. The Hall–Kier alpha value is -7.16. The fourth-order valence-corrected chi connectivity index (χ4v) is 14.2. The number of rotatable bonds is 4. The second-order valence-electron chi connectivity index (χ2n) is 22.2. The van der Waals surface area contributed by atoms with Crippen LogP contribution < -0.4 is 9.80 Å². The Labute approximate surface area is 426 Å². The highest BCUT2D eigenvalue weighted by Gasteiger charge is 2.32. The molecule has 4 aliphatic heterocycles. The Morgan fingerprint density at radius 1 is 0.361 bits per heavy atom. The molecule has 0 amide bonds. The van der Waals surface area contributed by atoms with Crippen LogP contribution in [0.3, 0.4) is 0 Å². The fourth-order valence-electron chi connectivity index (χ4n) is 14.2. The number of fused-ring (bicyclic) bond motifs is 4. The fraction of sp³-hybridized carbons (Fsp3) is 0.257. The normalized spacial score (nSPS) is 18.1. The first-order valence-electron chi connectivity index (χ1n) is 27.4. The maximum atomic E-state index is 2.67. The predicted molar refractivity (Wildman–Crippen MR) is 307 cm³/mol. The summed E-state index contributed by atoms with van der Waals surface area (Å²) >= 11 is 0. The van der Waals surface area contributed by atoms with Crippen molar-refractivity contribution in [3.8, 4) is 22.3 Å². The van der Waals surface area contributed by atoms with E-state index < -0.39 is 0 Å². The van der Waals surface area contributed by atoms with Gasteiger partial charge in [0.2, 0.25) is 0 Å². The van der Waals surface area contributed by atoms with Crippen molar-refractivity contribution in [2.75, 3.05) is 9.80 Å². The Morgan fingerprint density at radius 2 is 0.750 bits per heavy atom. The van der Waals surface area contributed by atoms with Crippen molar-refractivity contribution in [2.24, 2.45) is 0 Å². The molecule has 354 valence electrons. The summed E-state index contributed by atoms with van der Waals surface area (Å²) in [6, 6.07) is 67.5. The summed E-state index contributed by atoms with van der Waals surface area (Å²) < 4.78 is 0. The van der Waals surface area contributed by atoms with Gasteiger partial charge in [-0.3, -0.25) is 0 Å². The Morgan fingerprint density at radius 3 is 1.17 bits per heavy atom. The van der Waals surface area contributed by atoms with E-state index in [1.807, 2.05) is 0 Å². The molecule has 2 unspecified atom stereocenters. The summed E-state index contributed by atoms with van der Waals surface area (Å²) in [6.07, 6.45) is 13.0. The number of para-hydroxylation sites is 2. The van der Waals surface area contributed by atoms with Crippen molar-refractivity contribution in [3.05, 3.63) is 214 Å². The molecule has 0 radical (unpaired) electrons. The zero-order valence-corrected chi connectivity index (χ0v) is 42.4. The largest absolute Gasteiger partial charge is 0.309 e. The van der Waals surface area contributed by atoms with E-state index in [4.69, 9.17) is 0 Å². The molecule has 6 aliphatic rings. The summed E-state index contributed by atoms with van der Waals surface area (Å²) in [5, 5.41) is 8.01. The Balaban J connectivity index is 1.12. The maximum Gasteiger partial charge on any atom is 0.0569 e. The number of anilines is 6. The third-order valence-electron chi connectivity index (χ3n) is 18.1. The van der Waals surface area contributed by atoms with Crippen LogP contribution in [0, 0.1) is 13.8 Å². The predicted octanol–water partition coefficient (Wildman–Crippen LogP) is 20.5. The van der Waals surface area contributed by atoms with E-state index >= 15 is 0 Å². The molecule has 2 saturated carbocycles. The average molecular weight is 933 g/mol. The lowest BCUT2D eigenvalue weighted by Gasteiger charge is -2.34. The smallest absolute Gasteiger partial charge is 0.0569 e. The second kappa shape index (κ2) is 17.3. The molecule has 10 aromatic carbocycles. The highest BCUT2D eigenvalue weighted by atomic mass is 15.2. The molecule has 8 bridgehead atoms. The molecule has 0 saturated heterocycles. The molecule has 10 aromatic rings. The van der Waals surface area contributed by atoms with Crippen LogP contribution in [-0.4, -0.2) is 0 Å². The lowest BCUT2D eigenvalue weighted by molar-refractivity contribution is 0.443. The van der Waals surface area contributed by atoms with E-state index in [0.29, 0.717) is 11.8 Å². The summed E-state index contributed by atoms with van der Waals surface area (Å²) in [7, 11) is 0. The molecule has 4 heterocycles. The van der Waals surface area contributed by atoms with E-state index in [1.54, 1.807) is 0 Å². The quantitative estimate of drug-likeness (QED) is 0.162. The van der Waals surface area contributed by atoms with Gasteiger partial charge in [-0.1, -0.05) is 186 Å². The first kappa shape index (κ1) is 43.6. The first-order valence-corrected chi connectivity index (χ1v) is 27.4. The molecule has 2 aliphatic carbocycles. The van der Waals surface area contributed by atoms with Gasteiger partial charge in [0, 0.05) is 45.1 Å². The summed E-state index contributed by atoms with van der Waals surface area (Å²) in [5.41, 5.74) is 23.5. The molecule has 72 heavy (non-hydrogen) atoms. The summed E-state index contributed by atoms with van der Waals surface area (Å²) in [5.74, 6) is 1.49. The van der Waals surface area contributed by atoms with E-state index in [9.17, 15) is 0 Å². The highest BCUT2D eigenvalue weighted by molar-refractivity contribution is 6.30. The van der Waals surface area contributed by atoms with Gasteiger partial charge in [0.15, 0.2) is 0 Å². The van der Waals surface area contributed by atoms with Crippen molar-refractivity contribution in [1.82, 2.24) is 0 Å². The molecule has 0 spiro atoms. The van der Waals surface area contributed by atoms with Crippen molar-refractivity contribution < 1.29 is 0 Å². The van der Waals surface area contributed by atoms with Crippen LogP contribution in [0.5, 0.6) is 0 Å². The van der Waals surface area contributed by atoms with Crippen LogP contribution in [0.15, 0.2) is 170 Å². The van der Waals surface area contributed by atoms with Crippen LogP contribution in [0.4, 0.5) is 34.1 Å². The van der Waals surface area contributed by atoms with E-state index in [1.165, 1.54) is 197 Å². The van der Waals surface area contributed by atoms with Gasteiger partial charge in [0.25, 0.3) is 0 Å². The molecule has 2 nitrogen and oxygen atoms in total. The van der Waals surface area contributed by atoms with E-state index in [0.717, 1.165) is 0 Å². The minimum Gasteiger partial charge on any atom is -0.309 e. The van der Waals surface area contributed by atoms with E-state index in [-0.39, 0.29) is 11.8 Å². The molecule has 0 N–H and O–H groups in total. The monoisotopic (exact) mass is 933 g/mol. The molecule has 2 heteroatoms. The van der Waals surface area contributed by atoms with Gasteiger partial charge in [0.1, 0.15) is 0 Å². The van der Waals surface area contributed by atoms with Crippen LogP contribution in [0.1, 0.15) is 146 Å². The van der Waals surface area contributed by atoms with Crippen LogP contribution >= 0.6 is 0 Å². The van der Waals surface area contributed by atoms with Gasteiger partial charge < -0.3 is 9.80 Å². The van der Waals surface area contributed by atoms with Gasteiger partial charge in [-0.2, -0.15) is 0 Å². The van der Waals surface area contributed by atoms with Crippen molar-refractivity contribution >= 4 is 66.4 Å². The molecule has 2 fully saturated rings. The average Bonchev–Trinajstić information content (AvgIpc) is 3.48. The molecule has 16 rings (SSSR count). The highest BCUT2D eigenvalue weighted by Crippen LogP contribution is 2.55. The first-order chi connectivity index (χ1) is 35.4. The van der Waals surface area contributed by atoms with Crippen LogP contribution in [0.2, 0.25) is 0 Å².